The third-order valence-electron chi connectivity index (χ3n) is 8.26. The van der Waals surface area contributed by atoms with Crippen molar-refractivity contribution in [3.05, 3.63) is 41.7 Å². The number of anilines is 3. The number of ketones is 1. The molecule has 4 fully saturated rings. The molecule has 1 aliphatic carbocycles. The number of morpholine rings is 1. The summed E-state index contributed by atoms with van der Waals surface area (Å²) in [4.78, 5) is 39.1. The van der Waals surface area contributed by atoms with Gasteiger partial charge < -0.3 is 19.9 Å². The number of fused-ring (bicyclic) bond motifs is 2. The monoisotopic (exact) mass is 486 g/mol. The second-order valence-electron chi connectivity index (χ2n) is 10.5. The minimum atomic E-state index is -0.800. The van der Waals surface area contributed by atoms with Gasteiger partial charge in [-0.25, -0.2) is 9.97 Å². The highest BCUT2D eigenvalue weighted by Crippen LogP contribution is 2.50. The molecular weight excluding hydrogens is 456 g/mol. The number of carbonyl (C=O) groups excluding carboxylic acids is 2. The van der Waals surface area contributed by atoms with Crippen LogP contribution in [0.4, 0.5) is 17.3 Å². The predicted octanol–water partition coefficient (Wildman–Crippen LogP) is 3.23. The van der Waals surface area contributed by atoms with Crippen molar-refractivity contribution < 1.29 is 14.3 Å². The van der Waals surface area contributed by atoms with Crippen molar-refractivity contribution >= 4 is 29.0 Å². The maximum absolute atomic E-state index is 13.3. The molecule has 9 heteroatoms. The van der Waals surface area contributed by atoms with Gasteiger partial charge in [0.15, 0.2) is 5.78 Å². The molecule has 3 atom stereocenters. The van der Waals surface area contributed by atoms with Crippen LogP contribution in [0.25, 0.3) is 0 Å². The Hall–Kier alpha value is -3.51. The summed E-state index contributed by atoms with van der Waals surface area (Å²) >= 11 is 0. The van der Waals surface area contributed by atoms with Gasteiger partial charge in [0.1, 0.15) is 17.1 Å². The number of aryl methyl sites for hydroxylation is 1. The van der Waals surface area contributed by atoms with Gasteiger partial charge >= 0.3 is 0 Å². The van der Waals surface area contributed by atoms with Crippen LogP contribution in [0.5, 0.6) is 0 Å². The van der Waals surface area contributed by atoms with Gasteiger partial charge in [-0.2, -0.15) is 5.26 Å². The summed E-state index contributed by atoms with van der Waals surface area (Å²) in [5, 5.41) is 13.0. The van der Waals surface area contributed by atoms with Crippen LogP contribution in [0.3, 0.4) is 0 Å². The second kappa shape index (κ2) is 8.86. The highest BCUT2D eigenvalue weighted by molar-refractivity contribution is 5.96. The lowest BCUT2D eigenvalue weighted by Crippen LogP contribution is -2.49. The van der Waals surface area contributed by atoms with Crippen molar-refractivity contribution in [1.82, 2.24) is 14.9 Å². The molecule has 1 saturated carbocycles. The fraction of sp³-hybridized carbons (Fsp3) is 0.519. The zero-order chi connectivity index (χ0) is 24.9. The zero-order valence-corrected chi connectivity index (χ0v) is 20.4. The molecule has 5 heterocycles. The first-order chi connectivity index (χ1) is 17.5. The Labute approximate surface area is 210 Å². The van der Waals surface area contributed by atoms with E-state index in [1.54, 1.807) is 12.4 Å². The lowest BCUT2D eigenvalue weighted by atomic mass is 9.74. The Kier molecular flexibility index (Phi) is 5.64. The molecule has 0 spiro atoms. The molecule has 0 aromatic carbocycles. The van der Waals surface area contributed by atoms with Crippen LogP contribution in [0.1, 0.15) is 48.0 Å². The van der Waals surface area contributed by atoms with Gasteiger partial charge in [-0.1, -0.05) is 0 Å². The van der Waals surface area contributed by atoms with Gasteiger partial charge in [0.25, 0.3) is 5.91 Å². The molecule has 1 N–H and O–H groups in total. The van der Waals surface area contributed by atoms with Crippen LogP contribution < -0.4 is 10.2 Å². The summed E-state index contributed by atoms with van der Waals surface area (Å²) in [5.41, 5.74) is 1.56. The molecule has 1 amide bonds. The number of amides is 1. The number of Topliss-reactive ketones (excluding diaryl/α,β-unsaturated/α-hetero) is 1. The van der Waals surface area contributed by atoms with E-state index >= 15 is 0 Å². The van der Waals surface area contributed by atoms with Gasteiger partial charge in [-0.15, -0.1) is 0 Å². The standard InChI is InChI=1S/C27H30N6O3/c1-17-10-24(30-12-22(17)26(35)33-20-4-5-21(33)15-36-14-20)31-25-11-19(6-8-29-25)32-9-7-27(16-28,18-2-3-18)23(34)13-32/h6,8,10-12,18,20-21H,2-5,7,9,13-15H2,1H3,(H,29,30,31)/t20?,21?,27-/m1/s1. The zero-order valence-electron chi connectivity index (χ0n) is 20.4. The van der Waals surface area contributed by atoms with Crippen molar-refractivity contribution in [2.24, 2.45) is 11.3 Å². The molecule has 2 aromatic rings. The predicted molar refractivity (Wildman–Crippen MR) is 133 cm³/mol. The van der Waals surface area contributed by atoms with E-state index in [1.807, 2.05) is 34.9 Å². The Morgan fingerprint density at radius 1 is 1.17 bits per heavy atom. The molecule has 2 unspecified atom stereocenters. The summed E-state index contributed by atoms with van der Waals surface area (Å²) in [6, 6.07) is 8.31. The molecule has 2 bridgehead atoms. The molecule has 0 radical (unpaired) electrons. The number of aromatic nitrogens is 2. The van der Waals surface area contributed by atoms with Gasteiger partial charge in [-0.05, 0) is 62.6 Å². The SMILES string of the molecule is Cc1cc(Nc2cc(N3CC[C@@](C#N)(C4CC4)C(=O)C3)ccn2)ncc1C(=O)N1C2CCC1COC2. The molecule has 36 heavy (non-hydrogen) atoms. The fourth-order valence-corrected chi connectivity index (χ4v) is 6.05. The molecule has 3 saturated heterocycles. The Morgan fingerprint density at radius 2 is 1.92 bits per heavy atom. The van der Waals surface area contributed by atoms with Crippen molar-refractivity contribution in [3.8, 4) is 6.07 Å². The Balaban J connectivity index is 1.15. The van der Waals surface area contributed by atoms with Crippen molar-refractivity contribution in [1.29, 1.82) is 5.26 Å². The van der Waals surface area contributed by atoms with Crippen LogP contribution in [0, 0.1) is 29.6 Å². The lowest BCUT2D eigenvalue weighted by Gasteiger charge is -2.37. The van der Waals surface area contributed by atoms with E-state index < -0.39 is 5.41 Å². The first-order valence-electron chi connectivity index (χ1n) is 12.8. The molecule has 9 nitrogen and oxygen atoms in total. The second-order valence-corrected chi connectivity index (χ2v) is 10.5. The van der Waals surface area contributed by atoms with E-state index in [0.29, 0.717) is 43.4 Å². The minimum absolute atomic E-state index is 0.0244. The summed E-state index contributed by atoms with van der Waals surface area (Å²) in [5.74, 6) is 1.49. The van der Waals surface area contributed by atoms with Crippen LogP contribution in [0.2, 0.25) is 0 Å². The van der Waals surface area contributed by atoms with Gasteiger partial charge in [0, 0.05) is 30.7 Å². The maximum Gasteiger partial charge on any atom is 0.256 e. The van der Waals surface area contributed by atoms with Gasteiger partial charge in [0.05, 0.1) is 43.5 Å². The Morgan fingerprint density at radius 3 is 2.58 bits per heavy atom. The number of piperidine rings is 1. The average Bonchev–Trinajstić information content (AvgIpc) is 3.70. The number of ether oxygens (including phenoxy) is 1. The lowest BCUT2D eigenvalue weighted by molar-refractivity contribution is -0.127. The van der Waals surface area contributed by atoms with Crippen LogP contribution in [0.15, 0.2) is 30.6 Å². The molecular formula is C27H30N6O3. The third kappa shape index (κ3) is 3.90. The number of hydrogen-bond acceptors (Lipinski definition) is 8. The largest absolute Gasteiger partial charge is 0.377 e. The molecule has 3 aliphatic heterocycles. The molecule has 186 valence electrons. The van der Waals surface area contributed by atoms with E-state index in [-0.39, 0.29) is 36.2 Å². The summed E-state index contributed by atoms with van der Waals surface area (Å²) in [6.45, 7) is 4.04. The number of nitriles is 1. The molecule has 2 aromatic heterocycles. The van der Waals surface area contributed by atoms with E-state index in [9.17, 15) is 14.9 Å². The normalized spacial score (nSPS) is 27.6. The van der Waals surface area contributed by atoms with E-state index in [1.165, 1.54) is 0 Å². The summed E-state index contributed by atoms with van der Waals surface area (Å²) < 4.78 is 5.61. The summed E-state index contributed by atoms with van der Waals surface area (Å²) in [6.07, 6.45) is 7.85. The van der Waals surface area contributed by atoms with E-state index in [2.05, 4.69) is 21.4 Å². The first-order valence-corrected chi connectivity index (χ1v) is 12.8. The van der Waals surface area contributed by atoms with Crippen molar-refractivity contribution in [2.75, 3.05) is 36.5 Å². The third-order valence-corrected chi connectivity index (χ3v) is 8.26. The quantitative estimate of drug-likeness (QED) is 0.686. The number of rotatable bonds is 5. The molecule has 4 aliphatic rings. The number of nitrogens with one attached hydrogen (secondary N) is 1. The number of carbonyl (C=O) groups is 2. The van der Waals surface area contributed by atoms with E-state index in [0.717, 1.165) is 36.9 Å². The minimum Gasteiger partial charge on any atom is -0.377 e. The number of nitrogens with zero attached hydrogens (tertiary/aromatic N) is 5. The maximum atomic E-state index is 13.3. The average molecular weight is 487 g/mol. The van der Waals surface area contributed by atoms with Crippen LogP contribution in [-0.4, -0.2) is 64.9 Å². The van der Waals surface area contributed by atoms with Gasteiger partial charge in [-0.3, -0.25) is 9.59 Å². The smallest absolute Gasteiger partial charge is 0.256 e. The number of pyridine rings is 2. The van der Waals surface area contributed by atoms with Crippen LogP contribution in [-0.2, 0) is 9.53 Å². The highest BCUT2D eigenvalue weighted by atomic mass is 16.5. The first kappa shape index (κ1) is 22.9. The number of hydrogen-bond donors (Lipinski definition) is 1. The fourth-order valence-electron chi connectivity index (χ4n) is 6.05. The van der Waals surface area contributed by atoms with Crippen molar-refractivity contribution in [2.45, 2.75) is 51.1 Å². The molecule has 6 rings (SSSR count). The van der Waals surface area contributed by atoms with Crippen LogP contribution >= 0.6 is 0 Å². The Bertz CT molecular complexity index is 1240. The highest BCUT2D eigenvalue weighted by Gasteiger charge is 2.53. The topological polar surface area (TPSA) is 111 Å². The van der Waals surface area contributed by atoms with Gasteiger partial charge in [0.2, 0.25) is 0 Å². The summed E-state index contributed by atoms with van der Waals surface area (Å²) in [7, 11) is 0. The van der Waals surface area contributed by atoms with E-state index in [4.69, 9.17) is 4.74 Å². The van der Waals surface area contributed by atoms with Crippen molar-refractivity contribution in [3.63, 3.8) is 0 Å².